The lowest BCUT2D eigenvalue weighted by Crippen LogP contribution is -2.20. The molecule has 0 radical (unpaired) electrons. The van der Waals surface area contributed by atoms with E-state index in [4.69, 9.17) is 23.2 Å². The van der Waals surface area contributed by atoms with Gasteiger partial charge in [-0.25, -0.2) is 9.97 Å². The van der Waals surface area contributed by atoms with Crippen LogP contribution in [0.5, 0.6) is 0 Å². The Morgan fingerprint density at radius 2 is 1.94 bits per heavy atom. The van der Waals surface area contributed by atoms with Crippen LogP contribution >= 0.6 is 23.2 Å². The Bertz CT molecular complexity index is 497. The number of nitrogens with zero attached hydrogens (tertiary/aromatic N) is 2. The Balaban J connectivity index is 2.26. The third-order valence-electron chi connectivity index (χ3n) is 2.78. The number of hydrogen-bond donors (Lipinski definition) is 1. The SMILES string of the molecule is CNC(Cc1c(Cl)cccc1Cl)c1ccncn1. The molecule has 18 heavy (non-hydrogen) atoms. The van der Waals surface area contributed by atoms with Gasteiger partial charge in [-0.05, 0) is 37.2 Å². The average Bonchev–Trinajstić information content (AvgIpc) is 2.40. The lowest BCUT2D eigenvalue weighted by atomic mass is 10.0. The van der Waals surface area contributed by atoms with Crippen molar-refractivity contribution in [3.05, 3.63) is 58.1 Å². The molecule has 1 unspecified atom stereocenters. The van der Waals surface area contributed by atoms with Gasteiger partial charge in [0.25, 0.3) is 0 Å². The minimum Gasteiger partial charge on any atom is -0.311 e. The third-order valence-corrected chi connectivity index (χ3v) is 3.49. The molecule has 0 amide bonds. The predicted octanol–water partition coefficient (Wildman–Crippen LogP) is 3.29. The van der Waals surface area contributed by atoms with Crippen molar-refractivity contribution in [2.24, 2.45) is 0 Å². The van der Waals surface area contributed by atoms with Crippen LogP contribution in [-0.4, -0.2) is 17.0 Å². The Kier molecular flexibility index (Phi) is 4.53. The summed E-state index contributed by atoms with van der Waals surface area (Å²) in [6.07, 6.45) is 3.95. The lowest BCUT2D eigenvalue weighted by Gasteiger charge is -2.17. The molecule has 1 aromatic carbocycles. The van der Waals surface area contributed by atoms with Crippen molar-refractivity contribution in [3.8, 4) is 0 Å². The molecule has 2 rings (SSSR count). The second kappa shape index (κ2) is 6.14. The van der Waals surface area contributed by atoms with Crippen molar-refractivity contribution in [1.29, 1.82) is 0 Å². The summed E-state index contributed by atoms with van der Waals surface area (Å²) in [7, 11) is 1.89. The van der Waals surface area contributed by atoms with E-state index in [-0.39, 0.29) is 6.04 Å². The van der Waals surface area contributed by atoms with Crippen LogP contribution in [0.15, 0.2) is 36.8 Å². The molecule has 1 aromatic heterocycles. The highest BCUT2D eigenvalue weighted by molar-refractivity contribution is 6.36. The minimum absolute atomic E-state index is 0.0606. The van der Waals surface area contributed by atoms with Gasteiger partial charge in [0.2, 0.25) is 0 Å². The van der Waals surface area contributed by atoms with Crippen LogP contribution in [0.4, 0.5) is 0 Å². The fraction of sp³-hybridized carbons (Fsp3) is 0.231. The van der Waals surface area contributed by atoms with E-state index in [0.29, 0.717) is 16.5 Å². The first-order valence-corrected chi connectivity index (χ1v) is 6.34. The van der Waals surface area contributed by atoms with Gasteiger partial charge in [-0.2, -0.15) is 0 Å². The van der Waals surface area contributed by atoms with Gasteiger partial charge < -0.3 is 5.32 Å². The standard InChI is InChI=1S/C13H13Cl2N3/c1-16-13(12-5-6-17-8-18-12)7-9-10(14)3-2-4-11(9)15/h2-6,8,13,16H,7H2,1H3. The molecule has 0 saturated carbocycles. The van der Waals surface area contributed by atoms with Crippen molar-refractivity contribution in [2.75, 3.05) is 7.05 Å². The Labute approximate surface area is 116 Å². The summed E-state index contributed by atoms with van der Waals surface area (Å²) in [5.74, 6) is 0. The highest BCUT2D eigenvalue weighted by Gasteiger charge is 2.15. The fourth-order valence-electron chi connectivity index (χ4n) is 1.79. The zero-order chi connectivity index (χ0) is 13.0. The van der Waals surface area contributed by atoms with Crippen molar-refractivity contribution < 1.29 is 0 Å². The van der Waals surface area contributed by atoms with Gasteiger partial charge in [-0.15, -0.1) is 0 Å². The number of likely N-dealkylation sites (N-methyl/N-ethyl adjacent to an activating group) is 1. The number of benzene rings is 1. The second-order valence-corrected chi connectivity index (χ2v) is 4.69. The van der Waals surface area contributed by atoms with E-state index in [1.54, 1.807) is 6.20 Å². The Morgan fingerprint density at radius 3 is 2.50 bits per heavy atom. The van der Waals surface area contributed by atoms with Crippen LogP contribution in [0.1, 0.15) is 17.3 Å². The summed E-state index contributed by atoms with van der Waals surface area (Å²) >= 11 is 12.3. The predicted molar refractivity (Wildman–Crippen MR) is 74.0 cm³/mol. The van der Waals surface area contributed by atoms with E-state index in [1.165, 1.54) is 6.33 Å². The van der Waals surface area contributed by atoms with E-state index >= 15 is 0 Å². The van der Waals surface area contributed by atoms with E-state index in [2.05, 4.69) is 15.3 Å². The van der Waals surface area contributed by atoms with Crippen LogP contribution in [0, 0.1) is 0 Å². The normalized spacial score (nSPS) is 12.4. The van der Waals surface area contributed by atoms with E-state index in [1.807, 2.05) is 31.3 Å². The first-order chi connectivity index (χ1) is 8.72. The van der Waals surface area contributed by atoms with Crippen LogP contribution in [0.25, 0.3) is 0 Å². The molecule has 0 fully saturated rings. The summed E-state index contributed by atoms with van der Waals surface area (Å²) < 4.78 is 0. The molecule has 1 atom stereocenters. The molecule has 0 bridgehead atoms. The molecule has 0 aliphatic carbocycles. The highest BCUT2D eigenvalue weighted by Crippen LogP contribution is 2.28. The number of nitrogens with one attached hydrogen (secondary N) is 1. The molecular weight excluding hydrogens is 269 g/mol. The first-order valence-electron chi connectivity index (χ1n) is 5.58. The van der Waals surface area contributed by atoms with Gasteiger partial charge in [-0.1, -0.05) is 29.3 Å². The van der Waals surface area contributed by atoms with Crippen LogP contribution in [-0.2, 0) is 6.42 Å². The highest BCUT2D eigenvalue weighted by atomic mass is 35.5. The number of halogens is 2. The van der Waals surface area contributed by atoms with Crippen molar-refractivity contribution in [2.45, 2.75) is 12.5 Å². The first kappa shape index (κ1) is 13.3. The van der Waals surface area contributed by atoms with E-state index in [0.717, 1.165) is 11.3 Å². The maximum absolute atomic E-state index is 6.17. The quantitative estimate of drug-likeness (QED) is 0.935. The molecular formula is C13H13Cl2N3. The van der Waals surface area contributed by atoms with Gasteiger partial charge in [0, 0.05) is 16.2 Å². The minimum atomic E-state index is 0.0606. The van der Waals surface area contributed by atoms with Gasteiger partial charge >= 0.3 is 0 Å². The van der Waals surface area contributed by atoms with E-state index < -0.39 is 0 Å². The average molecular weight is 282 g/mol. The fourth-order valence-corrected chi connectivity index (χ4v) is 2.34. The van der Waals surface area contributed by atoms with Gasteiger partial charge in [0.1, 0.15) is 6.33 Å². The maximum atomic E-state index is 6.17. The van der Waals surface area contributed by atoms with Crippen molar-refractivity contribution in [1.82, 2.24) is 15.3 Å². The van der Waals surface area contributed by atoms with Crippen LogP contribution < -0.4 is 5.32 Å². The number of hydrogen-bond acceptors (Lipinski definition) is 3. The van der Waals surface area contributed by atoms with Crippen molar-refractivity contribution in [3.63, 3.8) is 0 Å². The zero-order valence-electron chi connectivity index (χ0n) is 9.90. The smallest absolute Gasteiger partial charge is 0.115 e. The molecule has 2 aromatic rings. The molecule has 94 valence electrons. The second-order valence-electron chi connectivity index (χ2n) is 3.88. The summed E-state index contributed by atoms with van der Waals surface area (Å²) in [5, 5.41) is 4.57. The van der Waals surface area contributed by atoms with Gasteiger partial charge in [0.15, 0.2) is 0 Å². The molecule has 3 nitrogen and oxygen atoms in total. The van der Waals surface area contributed by atoms with Crippen LogP contribution in [0.3, 0.4) is 0 Å². The maximum Gasteiger partial charge on any atom is 0.115 e. The molecule has 0 aliphatic rings. The molecule has 5 heteroatoms. The largest absolute Gasteiger partial charge is 0.311 e. The van der Waals surface area contributed by atoms with Gasteiger partial charge in [-0.3, -0.25) is 0 Å². The molecule has 0 spiro atoms. The topological polar surface area (TPSA) is 37.8 Å². The Morgan fingerprint density at radius 1 is 1.22 bits per heavy atom. The van der Waals surface area contributed by atoms with E-state index in [9.17, 15) is 0 Å². The number of aromatic nitrogens is 2. The molecule has 0 saturated heterocycles. The summed E-state index contributed by atoms with van der Waals surface area (Å²) in [5.41, 5.74) is 1.85. The molecule has 1 heterocycles. The molecule has 1 N–H and O–H groups in total. The summed E-state index contributed by atoms with van der Waals surface area (Å²) in [6, 6.07) is 7.47. The summed E-state index contributed by atoms with van der Waals surface area (Å²) in [6.45, 7) is 0. The molecule has 0 aliphatic heterocycles. The summed E-state index contributed by atoms with van der Waals surface area (Å²) in [4.78, 5) is 8.16. The number of rotatable bonds is 4. The van der Waals surface area contributed by atoms with Crippen LogP contribution in [0.2, 0.25) is 10.0 Å². The van der Waals surface area contributed by atoms with Gasteiger partial charge in [0.05, 0.1) is 11.7 Å². The van der Waals surface area contributed by atoms with Crippen molar-refractivity contribution >= 4 is 23.2 Å². The Hall–Kier alpha value is -1.16. The third kappa shape index (κ3) is 2.99. The lowest BCUT2D eigenvalue weighted by molar-refractivity contribution is 0.574. The zero-order valence-corrected chi connectivity index (χ0v) is 11.4. The monoisotopic (exact) mass is 281 g/mol.